The fourth-order valence-electron chi connectivity index (χ4n) is 4.64. The van der Waals surface area contributed by atoms with E-state index in [0.29, 0.717) is 0 Å². The molecule has 3 unspecified atom stereocenters. The second-order valence-electron chi connectivity index (χ2n) is 8.73. The number of aliphatic carboxylic acids is 1. The lowest BCUT2D eigenvalue weighted by Gasteiger charge is -2.28. The summed E-state index contributed by atoms with van der Waals surface area (Å²) in [5.74, 6) is -2.06. The number of carbonyl (C=O) groups is 3. The molecule has 180 valence electrons. The summed E-state index contributed by atoms with van der Waals surface area (Å²) in [5.41, 5.74) is 2.35. The van der Waals surface area contributed by atoms with Crippen LogP contribution in [-0.4, -0.2) is 77.6 Å². The highest BCUT2D eigenvalue weighted by Gasteiger charge is 2.46. The zero-order valence-electron chi connectivity index (χ0n) is 19.1. The maximum atomic E-state index is 13.1. The van der Waals surface area contributed by atoms with E-state index in [-0.39, 0.29) is 32.0 Å². The van der Waals surface area contributed by atoms with E-state index >= 15 is 0 Å². The largest absolute Gasteiger partial charge is 0.479 e. The summed E-state index contributed by atoms with van der Waals surface area (Å²) >= 11 is 0. The molecule has 34 heavy (non-hydrogen) atoms. The average Bonchev–Trinajstić information content (AvgIpc) is 3.40. The van der Waals surface area contributed by atoms with Crippen LogP contribution in [0.1, 0.15) is 30.4 Å². The number of likely N-dealkylation sites (tertiary alicyclic amines) is 1. The van der Waals surface area contributed by atoms with E-state index in [1.807, 2.05) is 48.5 Å². The fourth-order valence-corrected chi connectivity index (χ4v) is 4.64. The molecule has 3 atom stereocenters. The summed E-state index contributed by atoms with van der Waals surface area (Å²) in [5, 5.41) is 22.0. The molecule has 1 saturated heterocycles. The maximum Gasteiger partial charge on any atom is 0.407 e. The number of rotatable bonds is 7. The van der Waals surface area contributed by atoms with E-state index in [9.17, 15) is 24.6 Å². The number of fused-ring (bicyclic) bond motifs is 3. The average molecular weight is 469 g/mol. The first-order chi connectivity index (χ1) is 16.2. The summed E-state index contributed by atoms with van der Waals surface area (Å²) in [7, 11) is 1.40. The number of ether oxygens (including phenoxy) is 2. The third-order valence-corrected chi connectivity index (χ3v) is 6.68. The second kappa shape index (κ2) is 9.44. The van der Waals surface area contributed by atoms with Crippen molar-refractivity contribution >= 4 is 18.0 Å². The first kappa shape index (κ1) is 23.7. The molecule has 9 heteroatoms. The Morgan fingerprint density at radius 2 is 1.71 bits per heavy atom. The van der Waals surface area contributed by atoms with Gasteiger partial charge in [-0.15, -0.1) is 0 Å². The Balaban J connectivity index is 1.43. The normalized spacial score (nSPS) is 20.9. The first-order valence-corrected chi connectivity index (χ1v) is 11.1. The van der Waals surface area contributed by atoms with Gasteiger partial charge in [0.25, 0.3) is 0 Å². The Morgan fingerprint density at radius 3 is 2.24 bits per heavy atom. The Kier molecular flexibility index (Phi) is 6.58. The lowest BCUT2D eigenvalue weighted by molar-refractivity contribution is -0.157. The second-order valence-corrected chi connectivity index (χ2v) is 8.73. The van der Waals surface area contributed by atoms with E-state index < -0.39 is 35.7 Å². The molecule has 1 aliphatic heterocycles. The van der Waals surface area contributed by atoms with Gasteiger partial charge in [0.1, 0.15) is 12.6 Å². The number of hydrogen-bond acceptors (Lipinski definition) is 6. The molecule has 0 aromatic heterocycles. The predicted octanol–water partition coefficient (Wildman–Crippen LogP) is 1.98. The predicted molar refractivity (Wildman–Crippen MR) is 122 cm³/mol. The standard InChI is InChI=1S/C25H28N2O7/c1-15(33-2)21(22(28)27-12-11-25(32,14-27)23(29)30)26-24(31)34-13-20-18-9-5-3-7-16(18)17-8-4-6-10-19(17)20/h3-10,15,20-21,32H,11-14H2,1-2H3,(H,26,31)(H,29,30). The molecule has 3 N–H and O–H groups in total. The topological polar surface area (TPSA) is 125 Å². The summed E-state index contributed by atoms with van der Waals surface area (Å²) in [6.07, 6.45) is -1.57. The Hall–Kier alpha value is -3.43. The molecule has 1 aliphatic carbocycles. The van der Waals surface area contributed by atoms with Gasteiger partial charge in [-0.1, -0.05) is 48.5 Å². The summed E-state index contributed by atoms with van der Waals surface area (Å²) in [4.78, 5) is 38.3. The van der Waals surface area contributed by atoms with E-state index in [1.165, 1.54) is 12.0 Å². The fraction of sp³-hybridized carbons (Fsp3) is 0.400. The number of hydrogen-bond donors (Lipinski definition) is 3. The van der Waals surface area contributed by atoms with Crippen LogP contribution in [0.2, 0.25) is 0 Å². The van der Waals surface area contributed by atoms with Gasteiger partial charge in [0.2, 0.25) is 5.91 Å². The lowest BCUT2D eigenvalue weighted by atomic mass is 9.98. The number of carboxylic acid groups (broad SMARTS) is 1. The van der Waals surface area contributed by atoms with Gasteiger partial charge in [-0.3, -0.25) is 4.79 Å². The number of methoxy groups -OCH3 is 1. The molecule has 0 bridgehead atoms. The molecule has 0 spiro atoms. The van der Waals surface area contributed by atoms with Gasteiger partial charge in [-0.25, -0.2) is 9.59 Å². The van der Waals surface area contributed by atoms with Crippen molar-refractivity contribution in [2.45, 2.75) is 37.0 Å². The highest BCUT2D eigenvalue weighted by molar-refractivity contribution is 5.88. The van der Waals surface area contributed by atoms with Crippen LogP contribution in [0.4, 0.5) is 4.79 Å². The van der Waals surface area contributed by atoms with Gasteiger partial charge in [-0.2, -0.15) is 0 Å². The number of carbonyl (C=O) groups excluding carboxylic acids is 2. The van der Waals surface area contributed by atoms with Crippen LogP contribution < -0.4 is 5.32 Å². The van der Waals surface area contributed by atoms with Crippen LogP contribution >= 0.6 is 0 Å². The molecule has 2 aromatic carbocycles. The van der Waals surface area contributed by atoms with E-state index in [4.69, 9.17) is 9.47 Å². The minimum absolute atomic E-state index is 0.0565. The number of aliphatic hydroxyl groups is 1. The zero-order chi connectivity index (χ0) is 24.5. The van der Waals surface area contributed by atoms with Crippen LogP contribution in [0.15, 0.2) is 48.5 Å². The van der Waals surface area contributed by atoms with Crippen molar-refractivity contribution in [3.63, 3.8) is 0 Å². The highest BCUT2D eigenvalue weighted by atomic mass is 16.5. The van der Waals surface area contributed by atoms with Gasteiger partial charge in [0.15, 0.2) is 5.60 Å². The molecule has 4 rings (SSSR count). The third kappa shape index (κ3) is 4.36. The van der Waals surface area contributed by atoms with Crippen molar-refractivity contribution in [3.8, 4) is 11.1 Å². The number of amides is 2. The quantitative estimate of drug-likeness (QED) is 0.567. The maximum absolute atomic E-state index is 13.1. The van der Waals surface area contributed by atoms with Crippen molar-refractivity contribution < 1.29 is 34.1 Å². The smallest absolute Gasteiger partial charge is 0.407 e. The first-order valence-electron chi connectivity index (χ1n) is 11.1. The van der Waals surface area contributed by atoms with Crippen LogP contribution in [0.3, 0.4) is 0 Å². The van der Waals surface area contributed by atoms with Crippen molar-refractivity contribution in [2.24, 2.45) is 0 Å². The third-order valence-electron chi connectivity index (χ3n) is 6.68. The molecule has 2 amide bonds. The van der Waals surface area contributed by atoms with Crippen molar-refractivity contribution in [3.05, 3.63) is 59.7 Å². The lowest BCUT2D eigenvalue weighted by Crippen LogP contribution is -2.55. The molecular weight excluding hydrogens is 440 g/mol. The molecule has 1 fully saturated rings. The molecule has 9 nitrogen and oxygen atoms in total. The van der Waals surface area contributed by atoms with E-state index in [1.54, 1.807) is 6.92 Å². The van der Waals surface area contributed by atoms with Crippen LogP contribution in [-0.2, 0) is 19.1 Å². The Labute approximate surface area is 197 Å². The number of carboxylic acids is 1. The number of benzene rings is 2. The summed E-state index contributed by atoms with van der Waals surface area (Å²) < 4.78 is 10.8. The van der Waals surface area contributed by atoms with E-state index in [0.717, 1.165) is 22.3 Å². The number of β-amino-alcohol motifs (C(OH)–C–C–N with tert-alkyl or cyclic N) is 1. The number of alkyl carbamates (subject to hydrolysis) is 1. The minimum atomic E-state index is -2.00. The van der Waals surface area contributed by atoms with Crippen molar-refractivity contribution in [2.75, 3.05) is 26.8 Å². The number of nitrogens with zero attached hydrogens (tertiary/aromatic N) is 1. The monoisotopic (exact) mass is 468 g/mol. The Morgan fingerprint density at radius 1 is 1.12 bits per heavy atom. The summed E-state index contributed by atoms with van der Waals surface area (Å²) in [6, 6.07) is 14.8. The van der Waals surface area contributed by atoms with Crippen LogP contribution in [0.25, 0.3) is 11.1 Å². The van der Waals surface area contributed by atoms with Gasteiger partial charge >= 0.3 is 12.1 Å². The van der Waals surface area contributed by atoms with Crippen LogP contribution in [0, 0.1) is 0 Å². The minimum Gasteiger partial charge on any atom is -0.479 e. The molecule has 0 radical (unpaired) electrons. The number of nitrogens with one attached hydrogen (secondary N) is 1. The Bertz CT molecular complexity index is 1060. The van der Waals surface area contributed by atoms with Gasteiger partial charge in [-0.05, 0) is 29.2 Å². The van der Waals surface area contributed by atoms with E-state index in [2.05, 4.69) is 5.32 Å². The molecule has 0 saturated carbocycles. The molecule has 2 aromatic rings. The van der Waals surface area contributed by atoms with Crippen molar-refractivity contribution in [1.82, 2.24) is 10.2 Å². The molecule has 2 aliphatic rings. The van der Waals surface area contributed by atoms with Gasteiger partial charge in [0.05, 0.1) is 12.6 Å². The van der Waals surface area contributed by atoms with Crippen molar-refractivity contribution in [1.29, 1.82) is 0 Å². The van der Waals surface area contributed by atoms with Gasteiger partial charge < -0.3 is 29.9 Å². The van der Waals surface area contributed by atoms with Crippen LogP contribution in [0.5, 0.6) is 0 Å². The SMILES string of the molecule is COC(C)C(NC(=O)OCC1c2ccccc2-c2ccccc21)C(=O)N1CCC(O)(C(=O)O)C1. The zero-order valence-corrected chi connectivity index (χ0v) is 19.1. The highest BCUT2D eigenvalue weighted by Crippen LogP contribution is 2.44. The molecular formula is C25H28N2O7. The van der Waals surface area contributed by atoms with Gasteiger partial charge in [0, 0.05) is 26.0 Å². The molecule has 1 heterocycles. The summed E-state index contributed by atoms with van der Waals surface area (Å²) in [6.45, 7) is 1.40.